The van der Waals surface area contributed by atoms with Crippen LogP contribution < -0.4 is 0 Å². The van der Waals surface area contributed by atoms with E-state index in [1.165, 1.54) is 26.2 Å². The minimum atomic E-state index is -1.51. The number of unbranched alkanes of at least 4 members (excludes halogenated alkanes) is 3. The predicted molar refractivity (Wildman–Crippen MR) is 109 cm³/mol. The Balaban J connectivity index is -0.000000346. The van der Waals surface area contributed by atoms with Crippen molar-refractivity contribution in [2.24, 2.45) is 0 Å². The molecule has 0 aromatic carbocycles. The van der Waals surface area contributed by atoms with E-state index in [1.807, 2.05) is 0 Å². The Bertz CT molecular complexity index is 341. The zero-order chi connectivity index (χ0) is 21.0. The van der Waals surface area contributed by atoms with E-state index in [-0.39, 0.29) is 6.61 Å². The number of carboxylic acids is 2. The number of aliphatic hydroxyl groups excluding tert-OH is 2. The van der Waals surface area contributed by atoms with Crippen LogP contribution in [0, 0.1) is 0 Å². The largest absolute Gasteiger partial charge is 0.478 e. The van der Waals surface area contributed by atoms with Gasteiger partial charge in [0.2, 0.25) is 0 Å². The van der Waals surface area contributed by atoms with Gasteiger partial charge in [-0.15, -0.1) is 0 Å². The van der Waals surface area contributed by atoms with E-state index in [9.17, 15) is 9.59 Å². The van der Waals surface area contributed by atoms with Gasteiger partial charge in [-0.1, -0.05) is 0 Å². The van der Waals surface area contributed by atoms with E-state index in [0.29, 0.717) is 12.2 Å². The zero-order valence-electron chi connectivity index (χ0n) is 17.2. The molecule has 0 aliphatic rings. The smallest absolute Gasteiger partial charge is 0.328 e. The molecule has 0 saturated heterocycles. The summed E-state index contributed by atoms with van der Waals surface area (Å²) in [4.78, 5) is 19.1. The van der Waals surface area contributed by atoms with Gasteiger partial charge in [0.25, 0.3) is 0 Å². The number of hydrogen-bond acceptors (Lipinski definition) is 4. The molecule has 0 radical (unpaired) electrons. The van der Waals surface area contributed by atoms with Gasteiger partial charge in [-0.05, 0) is 6.92 Å². The molecule has 6 nitrogen and oxygen atoms in total. The van der Waals surface area contributed by atoms with E-state index in [4.69, 9.17) is 20.4 Å². The van der Waals surface area contributed by atoms with Gasteiger partial charge in [-0.2, -0.15) is 0 Å². The van der Waals surface area contributed by atoms with Crippen molar-refractivity contribution in [1.29, 1.82) is 0 Å². The van der Waals surface area contributed by atoms with Crippen LogP contribution in [0.25, 0.3) is 0 Å². The molecule has 0 heterocycles. The summed E-state index contributed by atoms with van der Waals surface area (Å²) in [5, 5.41) is 31.6. The van der Waals surface area contributed by atoms with Crippen molar-refractivity contribution >= 4 is 30.3 Å². The van der Waals surface area contributed by atoms with Crippen molar-refractivity contribution in [3.63, 3.8) is 0 Å². The molecule has 1 atom stereocenters. The van der Waals surface area contributed by atoms with Crippen molar-refractivity contribution in [1.82, 2.24) is 0 Å². The van der Waals surface area contributed by atoms with Crippen LogP contribution in [0.4, 0.5) is 0 Å². The Kier molecular flexibility index (Phi) is 24.0. The van der Waals surface area contributed by atoms with Gasteiger partial charge < -0.3 is 20.4 Å². The minimum Gasteiger partial charge on any atom is -0.478 e. The average Bonchev–Trinajstić information content (AvgIpc) is 2.62. The molecule has 0 amide bonds. The van der Waals surface area contributed by atoms with Crippen LogP contribution in [0.5, 0.6) is 0 Å². The normalized spacial score (nSPS) is 11.8. The van der Waals surface area contributed by atoms with E-state index in [2.05, 4.69) is 27.7 Å². The first kappa shape index (κ1) is 30.1. The fourth-order valence-corrected chi connectivity index (χ4v) is 12.5. The molecule has 0 aromatic rings. The Morgan fingerprint density at radius 2 is 1.27 bits per heavy atom. The summed E-state index contributed by atoms with van der Waals surface area (Å²) in [6.07, 6.45) is 6.43. The average molecular weight is 483 g/mol. The van der Waals surface area contributed by atoms with Crippen LogP contribution in [0.1, 0.15) is 60.3 Å². The van der Waals surface area contributed by atoms with Crippen molar-refractivity contribution in [2.75, 3.05) is 6.61 Å². The maximum Gasteiger partial charge on any atom is 0.328 e. The van der Waals surface area contributed by atoms with Crippen LogP contribution in [-0.4, -0.2) is 63.5 Å². The molecular formula is C19H40O6Sn. The molecule has 4 N–H and O–H groups in total. The number of aliphatic hydroxyl groups is 2. The molecular weight excluding hydrogens is 443 g/mol. The molecule has 0 fully saturated rings. The number of aliphatic carboxylic acids is 2. The van der Waals surface area contributed by atoms with Gasteiger partial charge in [0, 0.05) is 12.2 Å². The van der Waals surface area contributed by atoms with E-state index < -0.39 is 36.4 Å². The SMILES string of the molecule is CC(O)CO.CCCCC[CH2][Sn]([CH2]C)([CH2]C)[CH2]C.O=C(O)C=CC(=O)O. The fraction of sp³-hybridized carbons (Fsp3) is 0.789. The molecule has 0 aliphatic heterocycles. The third-order valence-electron chi connectivity index (χ3n) is 4.44. The standard InChI is InChI=1S/C6H13.C4H4O4.C3H8O2.3C2H5.Sn/c1-3-5-6-4-2;5-3(6)1-2-4(7)8;1-3(5)2-4;3*1-2;/h1,3-6H2,2H3;1-2H,(H,5,6)(H,7,8);3-5H,2H2,1H3;3*1H2,2H3;. The Morgan fingerprint density at radius 3 is 1.50 bits per heavy atom. The summed E-state index contributed by atoms with van der Waals surface area (Å²) in [5.41, 5.74) is 0. The van der Waals surface area contributed by atoms with Gasteiger partial charge in [0.05, 0.1) is 12.7 Å². The second kappa shape index (κ2) is 20.7. The fourth-order valence-electron chi connectivity index (χ4n) is 2.35. The van der Waals surface area contributed by atoms with Crippen LogP contribution in [0.2, 0.25) is 17.7 Å². The Hall–Kier alpha value is -0.601. The summed E-state index contributed by atoms with van der Waals surface area (Å²) < 4.78 is 6.40. The monoisotopic (exact) mass is 484 g/mol. The molecule has 0 saturated carbocycles. The molecule has 7 heteroatoms. The molecule has 0 rings (SSSR count). The first-order valence-corrected chi connectivity index (χ1v) is 17.6. The summed E-state index contributed by atoms with van der Waals surface area (Å²) >= 11 is -1.51. The van der Waals surface area contributed by atoms with E-state index >= 15 is 0 Å². The summed E-state index contributed by atoms with van der Waals surface area (Å²) in [6.45, 7) is 11.0. The minimum absolute atomic E-state index is 0.139. The van der Waals surface area contributed by atoms with Crippen molar-refractivity contribution < 1.29 is 30.0 Å². The number of carboxylic acid groups (broad SMARTS) is 2. The number of rotatable bonds is 11. The van der Waals surface area contributed by atoms with Gasteiger partial charge >= 0.3 is 101 Å². The summed E-state index contributed by atoms with van der Waals surface area (Å²) in [6, 6.07) is 0. The topological polar surface area (TPSA) is 115 Å². The molecule has 0 aliphatic carbocycles. The van der Waals surface area contributed by atoms with Crippen molar-refractivity contribution in [3.05, 3.63) is 12.2 Å². The van der Waals surface area contributed by atoms with Gasteiger partial charge in [0.1, 0.15) is 0 Å². The van der Waals surface area contributed by atoms with Crippen molar-refractivity contribution in [2.45, 2.75) is 84.2 Å². The number of carbonyl (C=O) groups is 2. The first-order chi connectivity index (χ1) is 12.1. The molecule has 0 aromatic heterocycles. The number of hydrogen-bond donors (Lipinski definition) is 4. The molecule has 0 bridgehead atoms. The summed E-state index contributed by atoms with van der Waals surface area (Å²) in [7, 11) is 0. The van der Waals surface area contributed by atoms with Crippen LogP contribution in [-0.2, 0) is 9.59 Å². The molecule has 26 heavy (non-hydrogen) atoms. The van der Waals surface area contributed by atoms with Gasteiger partial charge in [-0.3, -0.25) is 0 Å². The van der Waals surface area contributed by atoms with Crippen LogP contribution >= 0.6 is 0 Å². The Labute approximate surface area is 163 Å². The van der Waals surface area contributed by atoms with Gasteiger partial charge in [0.15, 0.2) is 0 Å². The second-order valence-electron chi connectivity index (χ2n) is 6.41. The second-order valence-corrected chi connectivity index (χ2v) is 22.5. The molecule has 0 spiro atoms. The van der Waals surface area contributed by atoms with Gasteiger partial charge in [-0.25, -0.2) is 9.59 Å². The Morgan fingerprint density at radius 1 is 0.885 bits per heavy atom. The maximum atomic E-state index is 9.55. The van der Waals surface area contributed by atoms with Crippen molar-refractivity contribution in [3.8, 4) is 0 Å². The van der Waals surface area contributed by atoms with Crippen LogP contribution in [0.15, 0.2) is 12.2 Å². The first-order valence-electron chi connectivity index (χ1n) is 9.57. The third kappa shape index (κ3) is 23.4. The maximum absolute atomic E-state index is 9.55. The van der Waals surface area contributed by atoms with E-state index in [1.54, 1.807) is 24.2 Å². The quantitative estimate of drug-likeness (QED) is 0.200. The molecule has 1 unspecified atom stereocenters. The van der Waals surface area contributed by atoms with E-state index in [0.717, 1.165) is 0 Å². The van der Waals surface area contributed by atoms with Crippen LogP contribution in [0.3, 0.4) is 0 Å². The summed E-state index contributed by atoms with van der Waals surface area (Å²) in [5.74, 6) is -2.51. The third-order valence-corrected chi connectivity index (χ3v) is 21.3. The zero-order valence-corrected chi connectivity index (χ0v) is 20.1. The molecule has 156 valence electrons. The predicted octanol–water partition coefficient (Wildman–Crippen LogP) is 4.15.